The van der Waals surface area contributed by atoms with E-state index in [1.807, 2.05) is 36.4 Å². The Labute approximate surface area is 190 Å². The van der Waals surface area contributed by atoms with E-state index in [1.165, 1.54) is 29.3 Å². The van der Waals surface area contributed by atoms with Gasteiger partial charge in [0.05, 0.1) is 23.9 Å². The maximum Gasteiger partial charge on any atom is 0.337 e. The van der Waals surface area contributed by atoms with Crippen LogP contribution in [0.3, 0.4) is 0 Å². The molecule has 0 aliphatic carbocycles. The third-order valence-corrected chi connectivity index (χ3v) is 6.34. The summed E-state index contributed by atoms with van der Waals surface area (Å²) in [7, 11) is 1.30. The lowest BCUT2D eigenvalue weighted by molar-refractivity contribution is -0.114. The van der Waals surface area contributed by atoms with Gasteiger partial charge in [0.15, 0.2) is 0 Å². The Morgan fingerprint density at radius 3 is 2.47 bits per heavy atom. The van der Waals surface area contributed by atoms with E-state index < -0.39 is 5.97 Å². The van der Waals surface area contributed by atoms with Crippen LogP contribution in [0, 0.1) is 0 Å². The second-order valence-electron chi connectivity index (χ2n) is 7.26. The van der Waals surface area contributed by atoms with Gasteiger partial charge >= 0.3 is 5.97 Å². The molecule has 7 heteroatoms. The number of rotatable bonds is 5. The van der Waals surface area contributed by atoms with E-state index in [-0.39, 0.29) is 18.4 Å². The monoisotopic (exact) mass is 446 g/mol. The lowest BCUT2D eigenvalue weighted by Gasteiger charge is -2.23. The smallest absolute Gasteiger partial charge is 0.337 e. The maximum absolute atomic E-state index is 13.4. The first-order valence-electron chi connectivity index (χ1n) is 10.2. The summed E-state index contributed by atoms with van der Waals surface area (Å²) in [6, 6.07) is 19.9. The molecule has 0 saturated heterocycles. The number of carbonyl (C=O) groups is 3. The Kier molecular flexibility index (Phi) is 6.28. The molecule has 0 saturated carbocycles. The van der Waals surface area contributed by atoms with Crippen LogP contribution in [0.15, 0.2) is 76.5 Å². The first-order chi connectivity index (χ1) is 15.5. The summed E-state index contributed by atoms with van der Waals surface area (Å²) in [4.78, 5) is 41.4. The van der Waals surface area contributed by atoms with Gasteiger partial charge in [0.2, 0.25) is 5.91 Å². The van der Waals surface area contributed by atoms with Gasteiger partial charge in [0.1, 0.15) is 6.54 Å². The number of benzene rings is 3. The predicted octanol–water partition coefficient (Wildman–Crippen LogP) is 4.79. The van der Waals surface area contributed by atoms with Crippen LogP contribution in [-0.4, -0.2) is 31.4 Å². The van der Waals surface area contributed by atoms with Gasteiger partial charge in [0, 0.05) is 15.5 Å². The predicted molar refractivity (Wildman–Crippen MR) is 124 cm³/mol. The SMILES string of the molecule is CCc1ccc(NC(=O)CN2C(=O)c3ccccc3Sc3ccc(C(=O)OC)cc32)cc1. The highest BCUT2D eigenvalue weighted by atomic mass is 32.2. The number of esters is 1. The fourth-order valence-corrected chi connectivity index (χ4v) is 4.55. The van der Waals surface area contributed by atoms with Gasteiger partial charge in [-0.15, -0.1) is 0 Å². The number of hydrogen-bond acceptors (Lipinski definition) is 5. The summed E-state index contributed by atoms with van der Waals surface area (Å²) < 4.78 is 4.83. The second-order valence-corrected chi connectivity index (χ2v) is 8.35. The molecule has 1 heterocycles. The molecule has 0 fully saturated rings. The van der Waals surface area contributed by atoms with Crippen molar-refractivity contribution in [2.45, 2.75) is 23.1 Å². The quantitative estimate of drug-likeness (QED) is 0.571. The van der Waals surface area contributed by atoms with Crippen LogP contribution in [-0.2, 0) is 16.0 Å². The van der Waals surface area contributed by atoms with Crippen molar-refractivity contribution >= 4 is 40.9 Å². The van der Waals surface area contributed by atoms with Crippen LogP contribution >= 0.6 is 11.8 Å². The second kappa shape index (κ2) is 9.28. The van der Waals surface area contributed by atoms with Gasteiger partial charge in [-0.1, -0.05) is 43.0 Å². The summed E-state index contributed by atoms with van der Waals surface area (Å²) in [5, 5.41) is 2.85. The number of ether oxygens (including phenoxy) is 1. The van der Waals surface area contributed by atoms with Gasteiger partial charge in [-0.2, -0.15) is 0 Å². The van der Waals surface area contributed by atoms with Gasteiger partial charge in [0.25, 0.3) is 5.91 Å². The fourth-order valence-electron chi connectivity index (χ4n) is 3.49. The van der Waals surface area contributed by atoms with E-state index in [1.54, 1.807) is 30.3 Å². The molecule has 2 amide bonds. The molecule has 0 atom stereocenters. The fraction of sp³-hybridized carbons (Fsp3) is 0.160. The molecule has 0 spiro atoms. The van der Waals surface area contributed by atoms with Crippen LogP contribution in [0.2, 0.25) is 0 Å². The number of amides is 2. The Bertz CT molecular complexity index is 1190. The number of hydrogen-bond donors (Lipinski definition) is 1. The van der Waals surface area contributed by atoms with Crippen molar-refractivity contribution in [3.63, 3.8) is 0 Å². The summed E-state index contributed by atoms with van der Waals surface area (Å²) in [5.74, 6) is -1.14. The van der Waals surface area contributed by atoms with E-state index >= 15 is 0 Å². The molecule has 6 nitrogen and oxygen atoms in total. The number of anilines is 2. The number of aryl methyl sites for hydroxylation is 1. The maximum atomic E-state index is 13.4. The van der Waals surface area contributed by atoms with E-state index in [0.717, 1.165) is 16.2 Å². The lowest BCUT2D eigenvalue weighted by atomic mass is 10.1. The van der Waals surface area contributed by atoms with Crippen molar-refractivity contribution in [3.05, 3.63) is 83.4 Å². The first-order valence-corrected chi connectivity index (χ1v) is 11.0. The summed E-state index contributed by atoms with van der Waals surface area (Å²) in [5.41, 5.74) is 3.14. The van der Waals surface area contributed by atoms with Crippen molar-refractivity contribution in [1.82, 2.24) is 0 Å². The number of carbonyl (C=O) groups excluding carboxylic acids is 3. The van der Waals surface area contributed by atoms with Crippen molar-refractivity contribution in [1.29, 1.82) is 0 Å². The van der Waals surface area contributed by atoms with Gasteiger partial charge in [-0.05, 0) is 54.4 Å². The summed E-state index contributed by atoms with van der Waals surface area (Å²) in [6.45, 7) is 1.87. The largest absolute Gasteiger partial charge is 0.465 e. The highest BCUT2D eigenvalue weighted by Crippen LogP contribution is 2.41. The van der Waals surface area contributed by atoms with E-state index in [4.69, 9.17) is 4.74 Å². The standard InChI is InChI=1S/C25H22N2O4S/c1-3-16-8-11-18(12-9-16)26-23(28)15-27-20-14-17(25(30)31-2)10-13-22(20)32-21-7-5-4-6-19(21)24(27)29/h4-14H,3,15H2,1-2H3,(H,26,28). The average Bonchev–Trinajstić information content (AvgIpc) is 2.93. The molecule has 1 aliphatic heterocycles. The number of nitrogens with one attached hydrogen (secondary N) is 1. The molecule has 0 radical (unpaired) electrons. The molecule has 0 unspecified atom stereocenters. The van der Waals surface area contributed by atoms with E-state index in [2.05, 4.69) is 12.2 Å². The van der Waals surface area contributed by atoms with Gasteiger partial charge < -0.3 is 10.1 Å². The zero-order chi connectivity index (χ0) is 22.7. The van der Waals surface area contributed by atoms with Crippen molar-refractivity contribution in [2.24, 2.45) is 0 Å². The van der Waals surface area contributed by atoms with Gasteiger partial charge in [-0.3, -0.25) is 14.5 Å². The molecule has 0 bridgehead atoms. The van der Waals surface area contributed by atoms with Crippen molar-refractivity contribution in [3.8, 4) is 0 Å². The third-order valence-electron chi connectivity index (χ3n) is 5.20. The minimum atomic E-state index is -0.507. The Morgan fingerprint density at radius 1 is 1.00 bits per heavy atom. The van der Waals surface area contributed by atoms with Crippen LogP contribution < -0.4 is 10.2 Å². The highest BCUT2D eigenvalue weighted by molar-refractivity contribution is 7.99. The Balaban J connectivity index is 1.69. The van der Waals surface area contributed by atoms with Crippen LogP contribution in [0.4, 0.5) is 11.4 Å². The molecule has 1 N–H and O–H groups in total. The average molecular weight is 447 g/mol. The molecule has 1 aliphatic rings. The molecule has 32 heavy (non-hydrogen) atoms. The van der Waals surface area contributed by atoms with Crippen molar-refractivity contribution < 1.29 is 19.1 Å². The number of fused-ring (bicyclic) bond motifs is 2. The van der Waals surface area contributed by atoms with Crippen molar-refractivity contribution in [2.75, 3.05) is 23.9 Å². The zero-order valence-corrected chi connectivity index (χ0v) is 18.6. The molecule has 3 aromatic carbocycles. The van der Waals surface area contributed by atoms with Crippen LogP contribution in [0.25, 0.3) is 0 Å². The minimum absolute atomic E-state index is 0.194. The minimum Gasteiger partial charge on any atom is -0.465 e. The lowest BCUT2D eigenvalue weighted by Crippen LogP contribution is -2.38. The highest BCUT2D eigenvalue weighted by Gasteiger charge is 2.29. The third kappa shape index (κ3) is 4.38. The zero-order valence-electron chi connectivity index (χ0n) is 17.8. The molecule has 4 rings (SSSR count). The molecular weight excluding hydrogens is 424 g/mol. The first kappa shape index (κ1) is 21.6. The topological polar surface area (TPSA) is 75.7 Å². The molecular formula is C25H22N2O4S. The normalized spacial score (nSPS) is 12.4. The summed E-state index contributed by atoms with van der Waals surface area (Å²) in [6.07, 6.45) is 0.910. The van der Waals surface area contributed by atoms with Crippen LogP contribution in [0.5, 0.6) is 0 Å². The Hall–Kier alpha value is -3.58. The van der Waals surface area contributed by atoms with E-state index in [9.17, 15) is 14.4 Å². The number of methoxy groups -OCH3 is 1. The molecule has 162 valence electrons. The molecule has 0 aromatic heterocycles. The molecule has 3 aromatic rings. The number of nitrogens with zero attached hydrogens (tertiary/aromatic N) is 1. The Morgan fingerprint density at radius 2 is 1.75 bits per heavy atom. The van der Waals surface area contributed by atoms with Crippen LogP contribution in [0.1, 0.15) is 33.2 Å². The summed E-state index contributed by atoms with van der Waals surface area (Å²) >= 11 is 1.43. The van der Waals surface area contributed by atoms with Gasteiger partial charge in [-0.25, -0.2) is 4.79 Å². The van der Waals surface area contributed by atoms with E-state index in [0.29, 0.717) is 22.5 Å².